The van der Waals surface area contributed by atoms with Crippen LogP contribution in [0.2, 0.25) is 0 Å². The Morgan fingerprint density at radius 3 is 1.96 bits per heavy atom. The summed E-state index contributed by atoms with van der Waals surface area (Å²) in [6, 6.07) is 10.3. The molecule has 5 rings (SSSR count). The number of amides is 8. The van der Waals surface area contributed by atoms with Crippen LogP contribution in [-0.4, -0.2) is 132 Å². The zero-order valence-corrected chi connectivity index (χ0v) is 41.3. The molecule has 73 heavy (non-hydrogen) atoms. The van der Waals surface area contributed by atoms with Gasteiger partial charge >= 0.3 is 0 Å². The van der Waals surface area contributed by atoms with Crippen LogP contribution in [0.4, 0.5) is 0 Å². The number of H-pyrrole nitrogens is 1. The number of nitrogens with one attached hydrogen (secondary N) is 6. The number of thiophene rings is 1. The molecule has 0 aliphatic carbocycles. The highest BCUT2D eigenvalue weighted by molar-refractivity contribution is 7.10. The Labute approximate surface area is 425 Å². The number of guanidine groups is 2. The Morgan fingerprint density at radius 2 is 1.34 bits per heavy atom. The maximum absolute atomic E-state index is 14.7. The van der Waals surface area contributed by atoms with E-state index in [1.807, 2.05) is 41.8 Å². The smallest absolute Gasteiger partial charge is 0.245 e. The monoisotopic (exact) mass is 1030 g/mol. The van der Waals surface area contributed by atoms with Gasteiger partial charge in [0.05, 0.1) is 20.0 Å². The third-order valence-corrected chi connectivity index (χ3v) is 12.8. The van der Waals surface area contributed by atoms with Crippen LogP contribution in [0.15, 0.2) is 82.2 Å². The molecule has 8 amide bonds. The van der Waals surface area contributed by atoms with Gasteiger partial charge in [0.15, 0.2) is 11.9 Å². The number of aromatic nitrogens is 1. The standard InChI is InChI=1S/C48H65N15O9S/c1-72-29-16-14-27(15-17-29)22-36(62-44(69)37(58-40(65)24-30-8-7-21-73-30)23-28-26-57-32-10-3-2-9-31(28)32)43(68)60-34(12-5-19-56-48(53)54)46(71)63-20-6-13-38(63)45(70)59-33(11-4-18-55-47(51)52)42(67)61-35(41(50)66)25-39(49)64/h2-3,7-10,14-17,21,26,33-38,57H,4-6,11-13,18-20,22-25H2,1H3,(H2,49,64)(H2,50,66)(H,58,65)(H,59,70)(H,60,68)(H,61,67)(H,62,69)(H4,51,52,55)(H4,53,54,56)/t33-,34-,35-,36-,37-,38-/m0/s1. The van der Waals surface area contributed by atoms with Crippen LogP contribution in [0.25, 0.3) is 10.9 Å². The third kappa shape index (κ3) is 17.3. The number of likely N-dealkylation sites (tertiary alicyclic amines) is 1. The average molecular weight is 1030 g/mol. The van der Waals surface area contributed by atoms with Gasteiger partial charge in [0.2, 0.25) is 47.3 Å². The highest BCUT2D eigenvalue weighted by Crippen LogP contribution is 2.23. The van der Waals surface area contributed by atoms with E-state index in [9.17, 15) is 38.4 Å². The van der Waals surface area contributed by atoms with Gasteiger partial charge in [-0.15, -0.1) is 11.3 Å². The number of hydrogen-bond acceptors (Lipinski definition) is 12. The van der Waals surface area contributed by atoms with Crippen LogP contribution in [0, 0.1) is 0 Å². The predicted molar refractivity (Wildman–Crippen MR) is 274 cm³/mol. The van der Waals surface area contributed by atoms with Crippen molar-refractivity contribution in [3.63, 3.8) is 0 Å². The predicted octanol–water partition coefficient (Wildman–Crippen LogP) is -1.85. The van der Waals surface area contributed by atoms with E-state index in [2.05, 4.69) is 41.6 Å². The van der Waals surface area contributed by atoms with Crippen LogP contribution in [0.5, 0.6) is 5.75 Å². The molecule has 1 aliphatic rings. The van der Waals surface area contributed by atoms with Crippen molar-refractivity contribution in [2.75, 3.05) is 26.7 Å². The summed E-state index contributed by atoms with van der Waals surface area (Å²) in [5.74, 6) is -5.85. The number of primary amides is 2. The molecule has 3 heterocycles. The number of aliphatic imine (C=N–C) groups is 2. The lowest BCUT2D eigenvalue weighted by molar-refractivity contribution is -0.142. The minimum Gasteiger partial charge on any atom is -0.497 e. The maximum atomic E-state index is 14.7. The SMILES string of the molecule is COc1ccc(C[C@H](NC(=O)[C@H](Cc2c[nH]c3ccccc23)NC(=O)Cc2cccs2)C(=O)N[C@@H](CCCN=C(N)N)C(=O)N2CCC[C@H]2C(=O)N[C@@H](CCCN=C(N)N)C(=O)N[C@@H](CC(N)=O)C(N)=O)cc1. The topological polar surface area (TPSA) is 406 Å². The first-order valence-electron chi connectivity index (χ1n) is 23.6. The molecule has 0 bridgehead atoms. The number of hydrogen-bond donors (Lipinski definition) is 12. The molecule has 1 fully saturated rings. The first-order chi connectivity index (χ1) is 34.9. The van der Waals surface area contributed by atoms with Crippen LogP contribution < -0.4 is 65.7 Å². The van der Waals surface area contributed by atoms with Crippen molar-refractivity contribution in [2.45, 2.75) is 100 Å². The summed E-state index contributed by atoms with van der Waals surface area (Å²) in [4.78, 5) is 122. The largest absolute Gasteiger partial charge is 0.497 e. The normalized spacial score (nSPS) is 15.1. The molecule has 0 saturated carbocycles. The molecule has 1 aliphatic heterocycles. The summed E-state index contributed by atoms with van der Waals surface area (Å²) < 4.78 is 5.33. The van der Waals surface area contributed by atoms with Gasteiger partial charge in [-0.3, -0.25) is 48.3 Å². The van der Waals surface area contributed by atoms with Crippen LogP contribution >= 0.6 is 11.3 Å². The maximum Gasteiger partial charge on any atom is 0.245 e. The summed E-state index contributed by atoms with van der Waals surface area (Å²) in [7, 11) is 1.51. The number of carbonyl (C=O) groups excluding carboxylic acids is 8. The van der Waals surface area contributed by atoms with Gasteiger partial charge in [0.1, 0.15) is 42.0 Å². The highest BCUT2D eigenvalue weighted by atomic mass is 32.1. The van der Waals surface area contributed by atoms with E-state index < -0.39 is 89.9 Å². The van der Waals surface area contributed by atoms with Gasteiger partial charge in [-0.25, -0.2) is 0 Å². The number of fused-ring (bicyclic) bond motifs is 1. The van der Waals surface area contributed by atoms with Crippen LogP contribution in [-0.2, 0) is 57.6 Å². The lowest BCUT2D eigenvalue weighted by atomic mass is 10.0. The number of aromatic amines is 1. The van der Waals surface area contributed by atoms with E-state index in [4.69, 9.17) is 39.1 Å². The number of para-hydroxylation sites is 1. The fourth-order valence-corrected chi connectivity index (χ4v) is 9.00. The molecule has 2 aromatic carbocycles. The Morgan fingerprint density at radius 1 is 0.726 bits per heavy atom. The first kappa shape index (κ1) is 55.7. The highest BCUT2D eigenvalue weighted by Gasteiger charge is 2.40. The molecule has 1 saturated heterocycles. The van der Waals surface area contributed by atoms with Crippen molar-refractivity contribution in [2.24, 2.45) is 44.4 Å². The average Bonchev–Trinajstić information content (AvgIpc) is 4.15. The molecule has 2 aromatic heterocycles. The van der Waals surface area contributed by atoms with Crippen LogP contribution in [0.3, 0.4) is 0 Å². The molecule has 4 aromatic rings. The number of methoxy groups -OCH3 is 1. The number of carbonyl (C=O) groups is 8. The molecule has 6 atom stereocenters. The Bertz CT molecular complexity index is 2610. The van der Waals surface area contributed by atoms with Gasteiger partial charge in [-0.05, 0) is 79.3 Å². The van der Waals surface area contributed by atoms with Gasteiger partial charge < -0.3 is 75.6 Å². The van der Waals surface area contributed by atoms with Gasteiger partial charge in [-0.1, -0.05) is 36.4 Å². The molecule has 0 radical (unpaired) electrons. The summed E-state index contributed by atoms with van der Waals surface area (Å²) in [5.41, 5.74) is 35.0. The molecular formula is C48H65N15O9S. The lowest BCUT2D eigenvalue weighted by Crippen LogP contribution is -2.60. The van der Waals surface area contributed by atoms with Crippen molar-refractivity contribution in [1.29, 1.82) is 0 Å². The van der Waals surface area contributed by atoms with E-state index in [0.717, 1.165) is 21.3 Å². The van der Waals surface area contributed by atoms with E-state index in [1.54, 1.807) is 30.5 Å². The summed E-state index contributed by atoms with van der Waals surface area (Å²) in [5, 5.41) is 16.3. The van der Waals surface area contributed by atoms with Gasteiger partial charge in [0, 0.05) is 54.5 Å². The van der Waals surface area contributed by atoms with E-state index in [-0.39, 0.29) is 82.9 Å². The van der Waals surface area contributed by atoms with Crippen molar-refractivity contribution < 1.29 is 43.1 Å². The molecule has 24 nitrogen and oxygen atoms in total. The molecular weight excluding hydrogens is 963 g/mol. The van der Waals surface area contributed by atoms with Gasteiger partial charge in [0.25, 0.3) is 0 Å². The molecule has 392 valence electrons. The Kier molecular flexibility index (Phi) is 20.9. The van der Waals surface area contributed by atoms with Crippen molar-refractivity contribution in [1.82, 2.24) is 36.5 Å². The van der Waals surface area contributed by atoms with Gasteiger partial charge in [-0.2, -0.15) is 0 Å². The first-order valence-corrected chi connectivity index (χ1v) is 24.5. The third-order valence-electron chi connectivity index (χ3n) is 11.9. The van der Waals surface area contributed by atoms with Crippen molar-refractivity contribution >= 4 is 81.4 Å². The molecule has 18 N–H and O–H groups in total. The van der Waals surface area contributed by atoms with E-state index >= 15 is 0 Å². The summed E-state index contributed by atoms with van der Waals surface area (Å²) in [6.45, 7) is 0.248. The Hall–Kier alpha value is -8.22. The number of nitrogens with two attached hydrogens (primary N) is 6. The number of ether oxygens (including phenoxy) is 1. The number of rotatable bonds is 28. The molecule has 25 heteroatoms. The molecule has 0 unspecified atom stereocenters. The molecule has 0 spiro atoms. The van der Waals surface area contributed by atoms with E-state index in [0.29, 0.717) is 17.7 Å². The van der Waals surface area contributed by atoms with Crippen molar-refractivity contribution in [3.8, 4) is 5.75 Å². The fourth-order valence-electron chi connectivity index (χ4n) is 8.30. The second kappa shape index (κ2) is 27.4. The minimum atomic E-state index is -1.48. The zero-order valence-electron chi connectivity index (χ0n) is 40.5. The fraction of sp³-hybridized carbons (Fsp3) is 0.417. The van der Waals surface area contributed by atoms with Crippen molar-refractivity contribution in [3.05, 3.63) is 88.2 Å². The lowest BCUT2D eigenvalue weighted by Gasteiger charge is -2.31. The van der Waals surface area contributed by atoms with E-state index in [1.165, 1.54) is 23.3 Å². The Balaban J connectivity index is 1.42. The minimum absolute atomic E-state index is 0.0123. The second-order valence-corrected chi connectivity index (χ2v) is 18.4. The summed E-state index contributed by atoms with van der Waals surface area (Å²) in [6.07, 6.45) is 2.06. The second-order valence-electron chi connectivity index (χ2n) is 17.4. The quantitative estimate of drug-likeness (QED) is 0.0169. The number of nitrogens with zero attached hydrogens (tertiary/aromatic N) is 3. The van der Waals surface area contributed by atoms with Crippen LogP contribution in [0.1, 0.15) is 60.9 Å². The number of benzene rings is 2. The summed E-state index contributed by atoms with van der Waals surface area (Å²) >= 11 is 1.40. The zero-order chi connectivity index (χ0) is 53.0.